The van der Waals surface area contributed by atoms with E-state index in [1.165, 1.54) is 6.26 Å². The van der Waals surface area contributed by atoms with Crippen molar-refractivity contribution >= 4 is 29.0 Å². The molecule has 3 aromatic rings. The smallest absolute Gasteiger partial charge is 0.315 e. The first-order chi connectivity index (χ1) is 13.7. The molecule has 0 radical (unpaired) electrons. The van der Waals surface area contributed by atoms with Gasteiger partial charge in [0.2, 0.25) is 11.8 Å². The molecule has 28 heavy (non-hydrogen) atoms. The third-order valence-electron chi connectivity index (χ3n) is 3.69. The second kappa shape index (κ2) is 7.96. The first kappa shape index (κ1) is 17.8. The molecule has 1 aliphatic heterocycles. The molecule has 10 nitrogen and oxygen atoms in total. The number of fused-ring (bicyclic) bond motifs is 1. The summed E-state index contributed by atoms with van der Waals surface area (Å²) in [6.45, 7) is 0.589. The average molecular weight is 401 g/mol. The molecule has 3 heterocycles. The van der Waals surface area contributed by atoms with Crippen LogP contribution in [0.2, 0.25) is 0 Å². The van der Waals surface area contributed by atoms with E-state index in [2.05, 4.69) is 26.1 Å². The highest BCUT2D eigenvalue weighted by Crippen LogP contribution is 2.34. The molecule has 0 aliphatic carbocycles. The number of carbonyl (C=O) groups excluding carboxylic acids is 2. The maximum absolute atomic E-state index is 12.3. The number of rotatable bonds is 6. The minimum atomic E-state index is -0.398. The molecule has 0 saturated heterocycles. The predicted molar refractivity (Wildman–Crippen MR) is 98.2 cm³/mol. The van der Waals surface area contributed by atoms with E-state index in [0.29, 0.717) is 28.0 Å². The van der Waals surface area contributed by atoms with Crippen molar-refractivity contribution in [2.45, 2.75) is 13.1 Å². The highest BCUT2D eigenvalue weighted by atomic mass is 32.1. The Morgan fingerprint density at radius 1 is 1.07 bits per heavy atom. The zero-order valence-electron chi connectivity index (χ0n) is 14.4. The normalized spacial score (nSPS) is 11.9. The molecule has 3 N–H and O–H groups in total. The van der Waals surface area contributed by atoms with E-state index in [4.69, 9.17) is 13.9 Å². The van der Waals surface area contributed by atoms with Crippen molar-refractivity contribution in [2.24, 2.45) is 0 Å². The van der Waals surface area contributed by atoms with Gasteiger partial charge in [-0.05, 0) is 24.3 Å². The number of benzene rings is 1. The Balaban J connectivity index is 1.27. The number of hydrogen-bond acceptors (Lipinski definition) is 8. The SMILES string of the molecule is O=C(NCc1ccco1)NCc1nnc(C(=O)Nc2ccc3c(c2)OCO3)s1. The summed E-state index contributed by atoms with van der Waals surface area (Å²) in [7, 11) is 0. The van der Waals surface area contributed by atoms with Gasteiger partial charge in [-0.2, -0.15) is 0 Å². The van der Waals surface area contributed by atoms with Crippen molar-refractivity contribution in [3.05, 3.63) is 52.4 Å². The van der Waals surface area contributed by atoms with Crippen molar-refractivity contribution in [3.63, 3.8) is 0 Å². The van der Waals surface area contributed by atoms with Crippen molar-refractivity contribution in [2.75, 3.05) is 12.1 Å². The Morgan fingerprint density at radius 3 is 2.79 bits per heavy atom. The summed E-state index contributed by atoms with van der Waals surface area (Å²) in [5.74, 6) is 1.45. The van der Waals surface area contributed by atoms with Crippen LogP contribution >= 0.6 is 11.3 Å². The van der Waals surface area contributed by atoms with Gasteiger partial charge in [-0.1, -0.05) is 11.3 Å². The monoisotopic (exact) mass is 401 g/mol. The number of aromatic nitrogens is 2. The second-order valence-electron chi connectivity index (χ2n) is 5.64. The van der Waals surface area contributed by atoms with E-state index in [1.54, 1.807) is 30.3 Å². The van der Waals surface area contributed by atoms with Crippen LogP contribution in [0.4, 0.5) is 10.5 Å². The van der Waals surface area contributed by atoms with Crippen molar-refractivity contribution < 1.29 is 23.5 Å². The molecule has 0 unspecified atom stereocenters. The molecule has 0 spiro atoms. The highest BCUT2D eigenvalue weighted by Gasteiger charge is 2.17. The number of anilines is 1. The van der Waals surface area contributed by atoms with Gasteiger partial charge in [0.25, 0.3) is 5.91 Å². The Labute approximate surface area is 162 Å². The molecule has 0 saturated carbocycles. The maximum Gasteiger partial charge on any atom is 0.315 e. The summed E-state index contributed by atoms with van der Waals surface area (Å²) in [4.78, 5) is 24.1. The van der Waals surface area contributed by atoms with Crippen LogP contribution in [0.25, 0.3) is 0 Å². The van der Waals surface area contributed by atoms with Crippen LogP contribution in [0.3, 0.4) is 0 Å². The summed E-state index contributed by atoms with van der Waals surface area (Å²) >= 11 is 1.09. The van der Waals surface area contributed by atoms with Gasteiger partial charge in [0.05, 0.1) is 19.4 Å². The predicted octanol–water partition coefficient (Wildman–Crippen LogP) is 2.11. The molecule has 3 amide bonds. The van der Waals surface area contributed by atoms with Crippen LogP contribution in [-0.2, 0) is 13.1 Å². The Kier molecular flexibility index (Phi) is 5.06. The molecule has 144 valence electrons. The lowest BCUT2D eigenvalue weighted by atomic mass is 10.3. The molecule has 4 rings (SSSR count). The fraction of sp³-hybridized carbons (Fsp3) is 0.176. The zero-order chi connectivity index (χ0) is 19.3. The summed E-state index contributed by atoms with van der Waals surface area (Å²) < 4.78 is 15.6. The Hall–Kier alpha value is -3.60. The largest absolute Gasteiger partial charge is 0.467 e. The minimum Gasteiger partial charge on any atom is -0.467 e. The van der Waals surface area contributed by atoms with E-state index in [-0.39, 0.29) is 30.9 Å². The molecular weight excluding hydrogens is 386 g/mol. The van der Waals surface area contributed by atoms with Crippen molar-refractivity contribution in [1.82, 2.24) is 20.8 Å². The lowest BCUT2D eigenvalue weighted by Gasteiger charge is -2.04. The first-order valence-corrected chi connectivity index (χ1v) is 9.06. The minimum absolute atomic E-state index is 0.152. The van der Waals surface area contributed by atoms with Crippen molar-refractivity contribution in [3.8, 4) is 11.5 Å². The topological polar surface area (TPSA) is 128 Å². The van der Waals surface area contributed by atoms with Gasteiger partial charge >= 0.3 is 6.03 Å². The van der Waals surface area contributed by atoms with Gasteiger partial charge in [0, 0.05) is 11.8 Å². The van der Waals surface area contributed by atoms with E-state index in [1.807, 2.05) is 0 Å². The van der Waals surface area contributed by atoms with Gasteiger partial charge in [-0.15, -0.1) is 10.2 Å². The number of urea groups is 1. The van der Waals surface area contributed by atoms with E-state index in [9.17, 15) is 9.59 Å². The maximum atomic E-state index is 12.3. The summed E-state index contributed by atoms with van der Waals surface area (Å²) in [6.07, 6.45) is 1.53. The van der Waals surface area contributed by atoms with Gasteiger partial charge in [-0.25, -0.2) is 4.79 Å². The first-order valence-electron chi connectivity index (χ1n) is 8.25. The summed E-state index contributed by atoms with van der Waals surface area (Å²) in [5.41, 5.74) is 0.557. The molecule has 1 aromatic carbocycles. The highest BCUT2D eigenvalue weighted by molar-refractivity contribution is 7.13. The van der Waals surface area contributed by atoms with E-state index in [0.717, 1.165) is 11.3 Å². The summed E-state index contributed by atoms with van der Waals surface area (Å²) in [5, 5.41) is 16.5. The number of ether oxygens (including phenoxy) is 2. The van der Waals surface area contributed by atoms with Crippen molar-refractivity contribution in [1.29, 1.82) is 0 Å². The van der Waals surface area contributed by atoms with E-state index < -0.39 is 5.91 Å². The molecule has 2 aromatic heterocycles. The van der Waals surface area contributed by atoms with Gasteiger partial charge in [0.1, 0.15) is 10.8 Å². The van der Waals surface area contributed by atoms with Crippen LogP contribution < -0.4 is 25.4 Å². The number of hydrogen-bond donors (Lipinski definition) is 3. The quantitative estimate of drug-likeness (QED) is 0.577. The standard InChI is InChI=1S/C17H15N5O5S/c23-15(20-10-3-4-12-13(6-10)27-9-26-12)16-22-21-14(28-16)8-19-17(24)18-7-11-2-1-5-25-11/h1-6H,7-9H2,(H,20,23)(H2,18,19,24). The number of nitrogens with one attached hydrogen (secondary N) is 3. The van der Waals surface area contributed by atoms with E-state index >= 15 is 0 Å². The average Bonchev–Trinajstić information content (AvgIpc) is 3.46. The molecular formula is C17H15N5O5S. The molecule has 0 fully saturated rings. The molecule has 0 atom stereocenters. The number of carbonyl (C=O) groups is 2. The van der Waals surface area contributed by atoms with Gasteiger partial charge < -0.3 is 29.8 Å². The van der Waals surface area contributed by atoms with Crippen LogP contribution in [0, 0.1) is 0 Å². The fourth-order valence-corrected chi connectivity index (χ4v) is 3.05. The van der Waals surface area contributed by atoms with Gasteiger partial charge in [-0.3, -0.25) is 4.79 Å². The lowest BCUT2D eigenvalue weighted by molar-refractivity contribution is 0.102. The molecule has 11 heteroatoms. The van der Waals surface area contributed by atoms with Crippen LogP contribution in [-0.4, -0.2) is 28.9 Å². The molecule has 0 bridgehead atoms. The number of nitrogens with zero attached hydrogens (tertiary/aromatic N) is 2. The zero-order valence-corrected chi connectivity index (χ0v) is 15.2. The number of amides is 3. The van der Waals surface area contributed by atoms with Crippen LogP contribution in [0.15, 0.2) is 41.0 Å². The third-order valence-corrected chi connectivity index (χ3v) is 4.62. The Morgan fingerprint density at radius 2 is 1.93 bits per heavy atom. The van der Waals surface area contributed by atoms with Crippen LogP contribution in [0.1, 0.15) is 20.6 Å². The molecule has 1 aliphatic rings. The van der Waals surface area contributed by atoms with Crippen LogP contribution in [0.5, 0.6) is 11.5 Å². The Bertz CT molecular complexity index is 988. The lowest BCUT2D eigenvalue weighted by Crippen LogP contribution is -2.34. The third kappa shape index (κ3) is 4.20. The van der Waals surface area contributed by atoms with Gasteiger partial charge in [0.15, 0.2) is 11.5 Å². The summed E-state index contributed by atoms with van der Waals surface area (Å²) in [6, 6.07) is 8.22. The number of furan rings is 1. The fourth-order valence-electron chi connectivity index (χ4n) is 2.37. The second-order valence-corrected chi connectivity index (χ2v) is 6.70.